The Labute approximate surface area is 235 Å². The normalized spacial score (nSPS) is 11.2. The zero-order valence-electron chi connectivity index (χ0n) is 20.7. The monoisotopic (exact) mass is 598 g/mol. The molecule has 0 aliphatic heterocycles. The van der Waals surface area contributed by atoms with Gasteiger partial charge >= 0.3 is 0 Å². The van der Waals surface area contributed by atoms with Gasteiger partial charge in [-0.05, 0) is 72.5 Å². The average Bonchev–Trinajstić information content (AvgIpc) is 3.29. The molecule has 37 heavy (non-hydrogen) atoms. The predicted molar refractivity (Wildman–Crippen MR) is 154 cm³/mol. The van der Waals surface area contributed by atoms with Gasteiger partial charge < -0.3 is 9.47 Å². The van der Waals surface area contributed by atoms with Crippen LogP contribution < -0.4 is 9.47 Å². The number of benzene rings is 3. The van der Waals surface area contributed by atoms with Gasteiger partial charge in [-0.2, -0.15) is 9.78 Å². The molecule has 192 valence electrons. The van der Waals surface area contributed by atoms with E-state index in [0.29, 0.717) is 29.7 Å². The summed E-state index contributed by atoms with van der Waals surface area (Å²) in [7, 11) is 0. The van der Waals surface area contributed by atoms with Crippen LogP contribution in [-0.2, 0) is 18.8 Å². The maximum atomic E-state index is 6.03. The van der Waals surface area contributed by atoms with Gasteiger partial charge in [0.1, 0.15) is 6.61 Å². The molecule has 0 aliphatic carbocycles. The second-order valence-electron chi connectivity index (χ2n) is 8.17. The number of rotatable bonds is 12. The second-order valence-corrected chi connectivity index (χ2v) is 10.5. The Morgan fingerprint density at radius 3 is 2.43 bits per heavy atom. The summed E-state index contributed by atoms with van der Waals surface area (Å²) in [5.74, 6) is 2.96. The van der Waals surface area contributed by atoms with Crippen LogP contribution in [0.5, 0.6) is 11.5 Å². The van der Waals surface area contributed by atoms with Crippen molar-refractivity contribution in [1.82, 2.24) is 14.9 Å². The van der Waals surface area contributed by atoms with Crippen molar-refractivity contribution in [2.24, 2.45) is 5.10 Å². The van der Waals surface area contributed by atoms with Crippen molar-refractivity contribution in [3.05, 3.63) is 98.7 Å². The van der Waals surface area contributed by atoms with E-state index in [1.54, 1.807) is 18.0 Å². The molecule has 0 bridgehead atoms. The summed E-state index contributed by atoms with van der Waals surface area (Å²) in [6.07, 6.45) is 3.56. The molecule has 0 amide bonds. The number of thioether (sulfide) groups is 1. The quantitative estimate of drug-likeness (QED) is 0.123. The Morgan fingerprint density at radius 2 is 1.70 bits per heavy atom. The Kier molecular flexibility index (Phi) is 10.0. The van der Waals surface area contributed by atoms with Gasteiger partial charge in [0.15, 0.2) is 17.3 Å². The van der Waals surface area contributed by atoms with Crippen LogP contribution >= 0.6 is 39.3 Å². The van der Waals surface area contributed by atoms with E-state index in [-0.39, 0.29) is 0 Å². The largest absolute Gasteiger partial charge is 0.490 e. The highest BCUT2D eigenvalue weighted by Gasteiger charge is 2.12. The van der Waals surface area contributed by atoms with Crippen LogP contribution in [0.1, 0.15) is 42.8 Å². The van der Waals surface area contributed by atoms with Crippen LogP contribution in [0.25, 0.3) is 0 Å². The Bertz CT molecular complexity index is 1330. The van der Waals surface area contributed by atoms with Crippen molar-refractivity contribution in [2.75, 3.05) is 6.61 Å². The smallest absolute Gasteiger partial charge is 0.212 e. The van der Waals surface area contributed by atoms with E-state index in [4.69, 9.17) is 26.2 Å². The van der Waals surface area contributed by atoms with E-state index in [1.165, 1.54) is 5.56 Å². The number of ether oxygens (including phenoxy) is 2. The number of hydrogen-bond donors (Lipinski definition) is 0. The van der Waals surface area contributed by atoms with Gasteiger partial charge in [0.2, 0.25) is 5.16 Å². The fourth-order valence-electron chi connectivity index (χ4n) is 3.47. The predicted octanol–water partition coefficient (Wildman–Crippen LogP) is 7.80. The third kappa shape index (κ3) is 7.84. The first kappa shape index (κ1) is 27.2. The molecule has 0 aliphatic rings. The molecule has 0 atom stereocenters. The van der Waals surface area contributed by atoms with Gasteiger partial charge in [0.25, 0.3) is 0 Å². The summed E-state index contributed by atoms with van der Waals surface area (Å²) >= 11 is 11.1. The minimum Gasteiger partial charge on any atom is -0.490 e. The summed E-state index contributed by atoms with van der Waals surface area (Å²) < 4.78 is 14.8. The van der Waals surface area contributed by atoms with E-state index in [0.717, 1.165) is 45.2 Å². The van der Waals surface area contributed by atoms with Crippen LogP contribution in [-0.4, -0.2) is 27.7 Å². The maximum absolute atomic E-state index is 6.03. The molecule has 1 heterocycles. The minimum atomic E-state index is 0.421. The Balaban J connectivity index is 1.50. The van der Waals surface area contributed by atoms with Crippen molar-refractivity contribution in [3.8, 4) is 11.5 Å². The lowest BCUT2D eigenvalue weighted by Crippen LogP contribution is -2.02. The van der Waals surface area contributed by atoms with Gasteiger partial charge in [-0.15, -0.1) is 10.2 Å². The average molecular weight is 600 g/mol. The summed E-state index contributed by atoms with van der Waals surface area (Å²) in [6.45, 7) is 5.02. The molecule has 0 saturated carbocycles. The van der Waals surface area contributed by atoms with Crippen molar-refractivity contribution in [2.45, 2.75) is 44.2 Å². The Hall–Kier alpha value is -2.81. The minimum absolute atomic E-state index is 0.421. The van der Waals surface area contributed by atoms with Crippen molar-refractivity contribution in [3.63, 3.8) is 0 Å². The zero-order chi connectivity index (χ0) is 26.0. The van der Waals surface area contributed by atoms with E-state index in [1.807, 2.05) is 66.2 Å². The van der Waals surface area contributed by atoms with Crippen molar-refractivity contribution < 1.29 is 9.47 Å². The van der Waals surface area contributed by atoms with Gasteiger partial charge in [-0.1, -0.05) is 70.5 Å². The molecule has 3 aromatic carbocycles. The molecule has 6 nitrogen and oxygen atoms in total. The molecule has 4 aromatic rings. The maximum Gasteiger partial charge on any atom is 0.212 e. The van der Waals surface area contributed by atoms with Crippen LogP contribution in [0.3, 0.4) is 0 Å². The molecular weight excluding hydrogens is 572 g/mol. The summed E-state index contributed by atoms with van der Waals surface area (Å²) in [5.41, 5.74) is 3.13. The third-order valence-electron chi connectivity index (χ3n) is 5.33. The fourth-order valence-corrected chi connectivity index (χ4v) is 4.72. The first-order valence-electron chi connectivity index (χ1n) is 12.1. The third-order valence-corrected chi connectivity index (χ3v) is 7.10. The first-order chi connectivity index (χ1) is 18.1. The lowest BCUT2D eigenvalue weighted by atomic mass is 10.2. The van der Waals surface area contributed by atoms with E-state index < -0.39 is 0 Å². The van der Waals surface area contributed by atoms with Crippen molar-refractivity contribution in [1.29, 1.82) is 0 Å². The number of hydrogen-bond acceptors (Lipinski definition) is 6. The lowest BCUT2D eigenvalue weighted by molar-refractivity contribution is 0.269. The lowest BCUT2D eigenvalue weighted by Gasteiger charge is -2.13. The standard InChI is InChI=1S/C28H28BrClN4O2S/c1-3-5-27-32-33-28(37-19-21-6-11-23(29)12-7-21)34(27)31-17-22-10-15-25(26(16-22)35-4-2)36-18-20-8-13-24(30)14-9-20/h6-17H,3-5,18-19H2,1-2H3/b31-17+. The molecular formula is C28H28BrClN4O2S. The van der Waals surface area contributed by atoms with Gasteiger partial charge in [0, 0.05) is 21.7 Å². The Morgan fingerprint density at radius 1 is 0.946 bits per heavy atom. The van der Waals surface area contributed by atoms with E-state index >= 15 is 0 Å². The zero-order valence-corrected chi connectivity index (χ0v) is 23.9. The molecule has 0 radical (unpaired) electrons. The van der Waals surface area contributed by atoms with Crippen LogP contribution in [0, 0.1) is 0 Å². The van der Waals surface area contributed by atoms with Crippen LogP contribution in [0.4, 0.5) is 0 Å². The highest BCUT2D eigenvalue weighted by molar-refractivity contribution is 9.10. The molecule has 1 aromatic heterocycles. The van der Waals surface area contributed by atoms with Crippen LogP contribution in [0.2, 0.25) is 5.02 Å². The molecule has 0 N–H and O–H groups in total. The molecule has 9 heteroatoms. The summed E-state index contributed by atoms with van der Waals surface area (Å²) in [5, 5.41) is 15.0. The first-order valence-corrected chi connectivity index (χ1v) is 14.2. The molecule has 4 rings (SSSR count). The molecule has 0 saturated heterocycles. The SMILES string of the molecule is CCCc1nnc(SCc2ccc(Br)cc2)n1/N=C/c1ccc(OCc2ccc(Cl)cc2)c(OCC)c1. The molecule has 0 spiro atoms. The van der Waals surface area contributed by atoms with Gasteiger partial charge in [0.05, 0.1) is 12.8 Å². The fraction of sp³-hybridized carbons (Fsp3) is 0.250. The van der Waals surface area contributed by atoms with E-state index in [2.05, 4.69) is 45.2 Å². The number of nitrogens with zero attached hydrogens (tertiary/aromatic N) is 4. The van der Waals surface area contributed by atoms with Crippen LogP contribution in [0.15, 0.2) is 81.5 Å². The number of aromatic nitrogens is 3. The highest BCUT2D eigenvalue weighted by atomic mass is 79.9. The molecule has 0 fully saturated rings. The van der Waals surface area contributed by atoms with Crippen molar-refractivity contribution >= 4 is 45.5 Å². The number of aryl methyl sites for hydroxylation is 1. The molecule has 0 unspecified atom stereocenters. The highest BCUT2D eigenvalue weighted by Crippen LogP contribution is 2.29. The summed E-state index contributed by atoms with van der Waals surface area (Å²) in [6, 6.07) is 21.7. The second kappa shape index (κ2) is 13.7. The van der Waals surface area contributed by atoms with Gasteiger partial charge in [-0.25, -0.2) is 0 Å². The topological polar surface area (TPSA) is 61.5 Å². The number of halogens is 2. The van der Waals surface area contributed by atoms with Gasteiger partial charge in [-0.3, -0.25) is 0 Å². The van der Waals surface area contributed by atoms with E-state index in [9.17, 15) is 0 Å². The summed E-state index contributed by atoms with van der Waals surface area (Å²) in [4.78, 5) is 0.